The van der Waals surface area contributed by atoms with Crippen LogP contribution in [0.4, 0.5) is 0 Å². The SMILES string of the molecule is CCCCCCCCCCCCCCCCC(OP(=O)(O)OCCN)[C@@H](O)CO. The molecule has 0 bridgehead atoms. The fourth-order valence-corrected chi connectivity index (χ4v) is 4.33. The molecule has 0 saturated carbocycles. The predicted molar refractivity (Wildman–Crippen MR) is 118 cm³/mol. The summed E-state index contributed by atoms with van der Waals surface area (Å²) in [6.45, 7) is 1.71. The molecule has 0 spiro atoms. The molecule has 0 aromatic carbocycles. The summed E-state index contributed by atoms with van der Waals surface area (Å²) in [4.78, 5) is 9.64. The van der Waals surface area contributed by atoms with Gasteiger partial charge >= 0.3 is 7.82 Å². The minimum absolute atomic E-state index is 0.0973. The molecule has 8 heteroatoms. The zero-order valence-electron chi connectivity index (χ0n) is 18.5. The van der Waals surface area contributed by atoms with Crippen molar-refractivity contribution in [2.24, 2.45) is 5.73 Å². The van der Waals surface area contributed by atoms with Crippen molar-refractivity contribution in [1.82, 2.24) is 0 Å². The van der Waals surface area contributed by atoms with Gasteiger partial charge in [0.15, 0.2) is 0 Å². The van der Waals surface area contributed by atoms with Crippen molar-refractivity contribution in [3.8, 4) is 0 Å². The minimum atomic E-state index is -4.27. The Bertz CT molecular complexity index is 399. The third-order valence-corrected chi connectivity index (χ3v) is 6.15. The first-order valence-electron chi connectivity index (χ1n) is 11.6. The molecule has 0 amide bonds. The Kier molecular flexibility index (Phi) is 19.9. The topological polar surface area (TPSA) is 122 Å². The second-order valence-corrected chi connectivity index (χ2v) is 9.28. The normalized spacial score (nSPS) is 15.9. The lowest BCUT2D eigenvalue weighted by Gasteiger charge is -2.24. The number of nitrogens with two attached hydrogens (primary N) is 1. The van der Waals surface area contributed by atoms with Crippen molar-refractivity contribution in [1.29, 1.82) is 0 Å². The molecule has 0 heterocycles. The van der Waals surface area contributed by atoms with Crippen molar-refractivity contribution >= 4 is 7.82 Å². The average molecular weight is 440 g/mol. The lowest BCUT2D eigenvalue weighted by Crippen LogP contribution is -2.31. The van der Waals surface area contributed by atoms with E-state index in [0.29, 0.717) is 6.42 Å². The number of rotatable bonds is 22. The average Bonchev–Trinajstić information content (AvgIpc) is 2.71. The Morgan fingerprint density at radius 2 is 1.31 bits per heavy atom. The third kappa shape index (κ3) is 18.5. The molecular formula is C21H46NO6P. The van der Waals surface area contributed by atoms with E-state index >= 15 is 0 Å². The highest BCUT2D eigenvalue weighted by Gasteiger charge is 2.30. The molecule has 7 nitrogen and oxygen atoms in total. The molecule has 0 aromatic heterocycles. The summed E-state index contributed by atoms with van der Waals surface area (Å²) < 4.78 is 21.5. The molecule has 2 unspecified atom stereocenters. The molecule has 0 radical (unpaired) electrons. The van der Waals surface area contributed by atoms with E-state index in [1.807, 2.05) is 0 Å². The van der Waals surface area contributed by atoms with Crippen LogP contribution in [-0.4, -0.2) is 47.1 Å². The lowest BCUT2D eigenvalue weighted by atomic mass is 10.0. The fraction of sp³-hybridized carbons (Fsp3) is 1.00. The molecule has 0 aromatic rings. The van der Waals surface area contributed by atoms with Gasteiger partial charge in [0.25, 0.3) is 0 Å². The van der Waals surface area contributed by atoms with E-state index in [0.717, 1.165) is 19.3 Å². The smallest absolute Gasteiger partial charge is 0.394 e. The van der Waals surface area contributed by atoms with Crippen molar-refractivity contribution in [2.75, 3.05) is 19.8 Å². The number of hydrogen-bond acceptors (Lipinski definition) is 6. The van der Waals surface area contributed by atoms with E-state index in [9.17, 15) is 14.6 Å². The van der Waals surface area contributed by atoms with Crippen molar-refractivity contribution in [2.45, 2.75) is 115 Å². The predicted octanol–water partition coefficient (Wildman–Crippen LogP) is 4.67. The van der Waals surface area contributed by atoms with Gasteiger partial charge in [0.05, 0.1) is 19.3 Å². The van der Waals surface area contributed by atoms with Crippen LogP contribution >= 0.6 is 7.82 Å². The second kappa shape index (κ2) is 19.9. The van der Waals surface area contributed by atoms with Crippen LogP contribution in [0.1, 0.15) is 103 Å². The van der Waals surface area contributed by atoms with Gasteiger partial charge in [-0.25, -0.2) is 4.57 Å². The molecule has 3 atom stereocenters. The van der Waals surface area contributed by atoms with Crippen LogP contribution in [-0.2, 0) is 13.6 Å². The summed E-state index contributed by atoms with van der Waals surface area (Å²) in [5, 5.41) is 19.0. The summed E-state index contributed by atoms with van der Waals surface area (Å²) in [5.41, 5.74) is 5.24. The van der Waals surface area contributed by atoms with Crippen molar-refractivity contribution in [3.05, 3.63) is 0 Å². The zero-order valence-corrected chi connectivity index (χ0v) is 19.4. The van der Waals surface area contributed by atoms with E-state index < -0.39 is 26.6 Å². The lowest BCUT2D eigenvalue weighted by molar-refractivity contribution is -0.0220. The Hall–Kier alpha value is -0.0100. The Morgan fingerprint density at radius 1 is 0.862 bits per heavy atom. The highest BCUT2D eigenvalue weighted by molar-refractivity contribution is 7.47. The quantitative estimate of drug-likeness (QED) is 0.143. The highest BCUT2D eigenvalue weighted by atomic mass is 31.2. The standard InChI is InChI=1S/C21H46NO6P/c1-2-3-4-5-6-7-8-9-10-11-12-13-14-15-16-21(20(24)19-23)28-29(25,26)27-18-17-22/h20-21,23-24H,2-19,22H2,1H3,(H,25,26)/t20-,21?/m0/s1. The van der Waals surface area contributed by atoms with Gasteiger partial charge in [-0.2, -0.15) is 0 Å². The van der Waals surface area contributed by atoms with Crippen LogP contribution in [0.5, 0.6) is 0 Å². The molecule has 0 saturated heterocycles. The van der Waals surface area contributed by atoms with E-state index in [2.05, 4.69) is 6.92 Å². The van der Waals surface area contributed by atoms with Gasteiger partial charge in [-0.1, -0.05) is 96.8 Å². The Morgan fingerprint density at radius 3 is 1.72 bits per heavy atom. The van der Waals surface area contributed by atoms with Crippen molar-refractivity contribution in [3.63, 3.8) is 0 Å². The van der Waals surface area contributed by atoms with Crippen LogP contribution in [0.15, 0.2) is 0 Å². The van der Waals surface area contributed by atoms with Crippen LogP contribution in [0.2, 0.25) is 0 Å². The maximum atomic E-state index is 11.8. The Balaban J connectivity index is 3.72. The second-order valence-electron chi connectivity index (χ2n) is 7.87. The highest BCUT2D eigenvalue weighted by Crippen LogP contribution is 2.45. The van der Waals surface area contributed by atoms with Gasteiger partial charge < -0.3 is 20.8 Å². The largest absolute Gasteiger partial charge is 0.472 e. The number of unbranched alkanes of at least 4 members (excludes halogenated alkanes) is 13. The molecule has 0 aliphatic rings. The van der Waals surface area contributed by atoms with Gasteiger partial charge in [-0.3, -0.25) is 9.05 Å². The van der Waals surface area contributed by atoms with Crippen LogP contribution < -0.4 is 5.73 Å². The molecule has 29 heavy (non-hydrogen) atoms. The minimum Gasteiger partial charge on any atom is -0.394 e. The van der Waals surface area contributed by atoms with Gasteiger partial charge in [-0.15, -0.1) is 0 Å². The van der Waals surface area contributed by atoms with Gasteiger partial charge in [0.2, 0.25) is 0 Å². The van der Waals surface area contributed by atoms with Gasteiger partial charge in [-0.05, 0) is 6.42 Å². The van der Waals surface area contributed by atoms with Crippen LogP contribution in [0, 0.1) is 0 Å². The fourth-order valence-electron chi connectivity index (χ4n) is 3.34. The maximum Gasteiger partial charge on any atom is 0.472 e. The number of phosphoric acid groups is 1. The summed E-state index contributed by atoms with van der Waals surface area (Å²) in [5.74, 6) is 0. The molecular weight excluding hydrogens is 393 g/mol. The van der Waals surface area contributed by atoms with E-state index in [1.54, 1.807) is 0 Å². The molecule has 0 rings (SSSR count). The molecule has 0 aliphatic heterocycles. The van der Waals surface area contributed by atoms with Crippen LogP contribution in [0.3, 0.4) is 0 Å². The summed E-state index contributed by atoms with van der Waals surface area (Å²) >= 11 is 0. The van der Waals surface area contributed by atoms with E-state index in [-0.39, 0.29) is 13.2 Å². The van der Waals surface area contributed by atoms with Crippen molar-refractivity contribution < 1.29 is 28.7 Å². The summed E-state index contributed by atoms with van der Waals surface area (Å²) in [6, 6.07) is 0. The zero-order chi connectivity index (χ0) is 21.8. The number of phosphoric ester groups is 1. The number of hydrogen-bond donors (Lipinski definition) is 4. The van der Waals surface area contributed by atoms with Gasteiger partial charge in [0.1, 0.15) is 6.10 Å². The number of aliphatic hydroxyl groups excluding tert-OH is 2. The first-order valence-corrected chi connectivity index (χ1v) is 13.1. The Labute approximate surface area is 178 Å². The first-order chi connectivity index (χ1) is 14.0. The monoisotopic (exact) mass is 439 g/mol. The number of aliphatic hydroxyl groups is 2. The first kappa shape index (κ1) is 29.0. The molecule has 0 aliphatic carbocycles. The van der Waals surface area contributed by atoms with E-state index in [4.69, 9.17) is 19.9 Å². The molecule has 0 fully saturated rings. The van der Waals surface area contributed by atoms with E-state index in [1.165, 1.54) is 70.6 Å². The van der Waals surface area contributed by atoms with Crippen LogP contribution in [0.25, 0.3) is 0 Å². The summed E-state index contributed by atoms with van der Waals surface area (Å²) in [7, 11) is -4.27. The summed E-state index contributed by atoms with van der Waals surface area (Å²) in [6.07, 6.45) is 15.6. The maximum absolute atomic E-state index is 11.8. The molecule has 5 N–H and O–H groups in total. The van der Waals surface area contributed by atoms with Gasteiger partial charge in [0, 0.05) is 6.54 Å². The third-order valence-electron chi connectivity index (χ3n) is 5.10. The molecule has 176 valence electrons.